The van der Waals surface area contributed by atoms with Gasteiger partial charge in [0.25, 0.3) is 0 Å². The molecule has 0 amide bonds. The van der Waals surface area contributed by atoms with Crippen molar-refractivity contribution >= 4 is 0 Å². The average molecular weight is 283 g/mol. The van der Waals surface area contributed by atoms with Crippen LogP contribution in [-0.2, 0) is 11.3 Å². The Morgan fingerprint density at radius 1 is 1.20 bits per heavy atom. The molecule has 0 aromatic heterocycles. The zero-order valence-corrected chi connectivity index (χ0v) is 12.6. The van der Waals surface area contributed by atoms with Gasteiger partial charge in [-0.05, 0) is 24.4 Å². The summed E-state index contributed by atoms with van der Waals surface area (Å²) in [7, 11) is 0. The van der Waals surface area contributed by atoms with E-state index in [1.54, 1.807) is 18.2 Å². The Morgan fingerprint density at radius 2 is 1.90 bits per heavy atom. The van der Waals surface area contributed by atoms with Gasteiger partial charge in [0.15, 0.2) is 0 Å². The molecule has 0 heterocycles. The van der Waals surface area contributed by atoms with Crippen molar-refractivity contribution in [1.82, 2.24) is 5.32 Å². The Kier molecular flexibility index (Phi) is 7.73. The molecule has 114 valence electrons. The van der Waals surface area contributed by atoms with E-state index in [2.05, 4.69) is 26.1 Å². The number of benzene rings is 1. The molecule has 3 nitrogen and oxygen atoms in total. The van der Waals surface area contributed by atoms with Crippen molar-refractivity contribution in [3.63, 3.8) is 0 Å². The van der Waals surface area contributed by atoms with Gasteiger partial charge >= 0.3 is 0 Å². The first-order valence-corrected chi connectivity index (χ1v) is 7.20. The van der Waals surface area contributed by atoms with Crippen LogP contribution >= 0.6 is 0 Å². The third-order valence-electron chi connectivity index (χ3n) is 3.51. The average Bonchev–Trinajstić information content (AvgIpc) is 2.40. The number of aliphatic hydroxyl groups excluding tert-OH is 1. The van der Waals surface area contributed by atoms with Gasteiger partial charge in [-0.25, -0.2) is 4.39 Å². The van der Waals surface area contributed by atoms with Gasteiger partial charge in [-0.2, -0.15) is 0 Å². The van der Waals surface area contributed by atoms with Crippen LogP contribution in [0.15, 0.2) is 24.3 Å². The van der Waals surface area contributed by atoms with E-state index in [4.69, 9.17) is 4.74 Å². The van der Waals surface area contributed by atoms with Gasteiger partial charge in [0.1, 0.15) is 5.82 Å². The molecule has 0 radical (unpaired) electrons. The predicted molar refractivity (Wildman–Crippen MR) is 78.9 cm³/mol. The van der Waals surface area contributed by atoms with Crippen LogP contribution in [-0.4, -0.2) is 30.9 Å². The standard InChI is InChI=1S/C16H26FNO2/c1-12(2)13(3)8-18-9-15(19)11-20-10-14-6-4-5-7-16(14)17/h4-7,12-13,15,18-19H,8-11H2,1-3H3. The molecule has 1 rings (SSSR count). The van der Waals surface area contributed by atoms with Gasteiger partial charge in [-0.1, -0.05) is 39.0 Å². The number of aliphatic hydroxyl groups is 1. The number of nitrogens with one attached hydrogen (secondary N) is 1. The molecule has 0 aliphatic heterocycles. The fourth-order valence-electron chi connectivity index (χ4n) is 1.69. The Labute approximate surface area is 121 Å². The zero-order chi connectivity index (χ0) is 15.0. The molecule has 1 aromatic rings. The van der Waals surface area contributed by atoms with E-state index in [-0.39, 0.29) is 19.0 Å². The molecule has 2 unspecified atom stereocenters. The van der Waals surface area contributed by atoms with E-state index < -0.39 is 6.10 Å². The van der Waals surface area contributed by atoms with Gasteiger partial charge in [0.05, 0.1) is 19.3 Å². The van der Waals surface area contributed by atoms with Crippen molar-refractivity contribution in [2.45, 2.75) is 33.5 Å². The summed E-state index contributed by atoms with van der Waals surface area (Å²) >= 11 is 0. The van der Waals surface area contributed by atoms with Crippen molar-refractivity contribution < 1.29 is 14.2 Å². The topological polar surface area (TPSA) is 41.5 Å². The normalized spacial score (nSPS) is 14.5. The van der Waals surface area contributed by atoms with Gasteiger partial charge in [0, 0.05) is 12.1 Å². The summed E-state index contributed by atoms with van der Waals surface area (Å²) in [6.07, 6.45) is -0.568. The van der Waals surface area contributed by atoms with Crippen LogP contribution in [0.1, 0.15) is 26.3 Å². The molecule has 4 heteroatoms. The molecule has 0 fully saturated rings. The van der Waals surface area contributed by atoms with E-state index in [9.17, 15) is 9.50 Å². The Balaban J connectivity index is 2.14. The second kappa shape index (κ2) is 9.06. The van der Waals surface area contributed by atoms with Crippen LogP contribution in [0, 0.1) is 17.7 Å². The van der Waals surface area contributed by atoms with Gasteiger partial charge in [0.2, 0.25) is 0 Å². The molecule has 20 heavy (non-hydrogen) atoms. The molecule has 0 saturated carbocycles. The molecule has 0 saturated heterocycles. The number of hydrogen-bond acceptors (Lipinski definition) is 3. The van der Waals surface area contributed by atoms with E-state index in [1.807, 2.05) is 0 Å². The third-order valence-corrected chi connectivity index (χ3v) is 3.51. The Hall–Kier alpha value is -0.970. The van der Waals surface area contributed by atoms with Crippen LogP contribution in [0.2, 0.25) is 0 Å². The van der Waals surface area contributed by atoms with E-state index in [0.717, 1.165) is 6.54 Å². The highest BCUT2D eigenvalue weighted by molar-refractivity contribution is 5.16. The molecular weight excluding hydrogens is 257 g/mol. The lowest BCUT2D eigenvalue weighted by Crippen LogP contribution is -2.34. The monoisotopic (exact) mass is 283 g/mol. The minimum atomic E-state index is -0.568. The SMILES string of the molecule is CC(C)C(C)CNCC(O)COCc1ccccc1F. The second-order valence-electron chi connectivity index (χ2n) is 5.64. The predicted octanol–water partition coefficient (Wildman–Crippen LogP) is 2.58. The maximum absolute atomic E-state index is 13.3. The number of rotatable bonds is 9. The van der Waals surface area contributed by atoms with Crippen LogP contribution in [0.5, 0.6) is 0 Å². The maximum atomic E-state index is 13.3. The van der Waals surface area contributed by atoms with Crippen molar-refractivity contribution in [3.8, 4) is 0 Å². The van der Waals surface area contributed by atoms with Gasteiger partial charge < -0.3 is 15.2 Å². The van der Waals surface area contributed by atoms with Crippen LogP contribution < -0.4 is 5.32 Å². The molecule has 1 aromatic carbocycles. The first kappa shape index (κ1) is 17.1. The lowest BCUT2D eigenvalue weighted by molar-refractivity contribution is 0.0274. The first-order valence-electron chi connectivity index (χ1n) is 7.20. The molecule has 0 aliphatic carbocycles. The lowest BCUT2D eigenvalue weighted by atomic mass is 9.98. The minimum Gasteiger partial charge on any atom is -0.389 e. The summed E-state index contributed by atoms with van der Waals surface area (Å²) < 4.78 is 18.7. The summed E-state index contributed by atoms with van der Waals surface area (Å²) in [5.74, 6) is 0.921. The van der Waals surface area contributed by atoms with Gasteiger partial charge in [-0.15, -0.1) is 0 Å². The molecule has 0 bridgehead atoms. The van der Waals surface area contributed by atoms with Gasteiger partial charge in [-0.3, -0.25) is 0 Å². The van der Waals surface area contributed by atoms with Crippen LogP contribution in [0.3, 0.4) is 0 Å². The summed E-state index contributed by atoms with van der Waals surface area (Å²) in [6, 6.07) is 6.51. The fraction of sp³-hybridized carbons (Fsp3) is 0.625. The Bertz CT molecular complexity index is 384. The lowest BCUT2D eigenvalue weighted by Gasteiger charge is -2.18. The summed E-state index contributed by atoms with van der Waals surface area (Å²) in [6.45, 7) is 8.30. The number of halogens is 1. The Morgan fingerprint density at radius 3 is 2.55 bits per heavy atom. The van der Waals surface area contributed by atoms with E-state index >= 15 is 0 Å². The second-order valence-corrected chi connectivity index (χ2v) is 5.64. The molecule has 0 aliphatic rings. The largest absolute Gasteiger partial charge is 0.389 e. The fourth-order valence-corrected chi connectivity index (χ4v) is 1.69. The molecule has 0 spiro atoms. The van der Waals surface area contributed by atoms with Crippen molar-refractivity contribution in [1.29, 1.82) is 0 Å². The number of ether oxygens (including phenoxy) is 1. The molecular formula is C16H26FNO2. The summed E-state index contributed by atoms with van der Waals surface area (Å²) in [5.41, 5.74) is 0.515. The third kappa shape index (κ3) is 6.46. The summed E-state index contributed by atoms with van der Waals surface area (Å²) in [5, 5.41) is 13.0. The maximum Gasteiger partial charge on any atom is 0.128 e. The van der Waals surface area contributed by atoms with Crippen molar-refractivity contribution in [2.75, 3.05) is 19.7 Å². The zero-order valence-electron chi connectivity index (χ0n) is 12.6. The van der Waals surface area contributed by atoms with Crippen molar-refractivity contribution in [3.05, 3.63) is 35.6 Å². The highest BCUT2D eigenvalue weighted by atomic mass is 19.1. The van der Waals surface area contributed by atoms with Crippen LogP contribution in [0.25, 0.3) is 0 Å². The highest BCUT2D eigenvalue weighted by Gasteiger charge is 2.09. The van der Waals surface area contributed by atoms with E-state index in [1.165, 1.54) is 6.07 Å². The minimum absolute atomic E-state index is 0.187. The summed E-state index contributed by atoms with van der Waals surface area (Å²) in [4.78, 5) is 0. The van der Waals surface area contributed by atoms with Crippen molar-refractivity contribution in [2.24, 2.45) is 11.8 Å². The first-order chi connectivity index (χ1) is 9.50. The molecule has 2 atom stereocenters. The van der Waals surface area contributed by atoms with Crippen LogP contribution in [0.4, 0.5) is 4.39 Å². The molecule has 2 N–H and O–H groups in total. The highest BCUT2D eigenvalue weighted by Crippen LogP contribution is 2.08. The van der Waals surface area contributed by atoms with E-state index in [0.29, 0.717) is 23.9 Å². The quantitative estimate of drug-likeness (QED) is 0.732. The smallest absolute Gasteiger partial charge is 0.128 e. The number of hydrogen-bond donors (Lipinski definition) is 2.